The number of benzene rings is 1. The molecule has 1 saturated heterocycles. The van der Waals surface area contributed by atoms with Crippen LogP contribution in [0.15, 0.2) is 53.7 Å². The predicted molar refractivity (Wildman–Crippen MR) is 110 cm³/mol. The molecule has 1 atom stereocenters. The highest BCUT2D eigenvalue weighted by Crippen LogP contribution is 2.28. The molecule has 1 aliphatic rings. The van der Waals surface area contributed by atoms with Crippen molar-refractivity contribution in [2.24, 2.45) is 4.99 Å². The van der Waals surface area contributed by atoms with Gasteiger partial charge in [0.2, 0.25) is 0 Å². The van der Waals surface area contributed by atoms with Crippen molar-refractivity contribution in [1.29, 1.82) is 0 Å². The molecule has 4 rings (SSSR count). The second-order valence-electron chi connectivity index (χ2n) is 6.97. The Morgan fingerprint density at radius 2 is 2.07 bits per heavy atom. The van der Waals surface area contributed by atoms with Crippen molar-refractivity contribution in [3.63, 3.8) is 0 Å². The van der Waals surface area contributed by atoms with Crippen LogP contribution < -0.4 is 10.1 Å². The van der Waals surface area contributed by atoms with Gasteiger partial charge in [0.05, 0.1) is 7.11 Å². The van der Waals surface area contributed by atoms with Crippen LogP contribution in [-0.4, -0.2) is 59.2 Å². The van der Waals surface area contributed by atoms with Gasteiger partial charge in [-0.05, 0) is 36.2 Å². The first-order chi connectivity index (χ1) is 13.8. The number of rotatable bonds is 5. The van der Waals surface area contributed by atoms with Crippen LogP contribution in [0.3, 0.4) is 0 Å². The third-order valence-corrected chi connectivity index (χ3v) is 5.30. The summed E-state index contributed by atoms with van der Waals surface area (Å²) in [5.74, 6) is 3.32. The molecule has 28 heavy (non-hydrogen) atoms. The Bertz CT molecular complexity index is 949. The Morgan fingerprint density at radius 1 is 1.21 bits per heavy atom. The summed E-state index contributed by atoms with van der Waals surface area (Å²) in [5, 5.41) is 12.0. The minimum atomic E-state index is 0.518. The molecule has 7 heteroatoms. The zero-order valence-electron chi connectivity index (χ0n) is 16.4. The highest BCUT2D eigenvalue weighted by atomic mass is 16.5. The van der Waals surface area contributed by atoms with E-state index in [0.29, 0.717) is 5.92 Å². The number of guanidine groups is 1. The summed E-state index contributed by atoms with van der Waals surface area (Å²) >= 11 is 0. The number of nitrogens with one attached hydrogen (secondary N) is 1. The Kier molecular flexibility index (Phi) is 5.41. The fraction of sp³-hybridized carbons (Fsp3) is 0.381. The highest BCUT2D eigenvalue weighted by Gasteiger charge is 2.26. The molecular weight excluding hydrogens is 352 g/mol. The largest absolute Gasteiger partial charge is 0.497 e. The first-order valence-corrected chi connectivity index (χ1v) is 9.66. The molecule has 0 amide bonds. The summed E-state index contributed by atoms with van der Waals surface area (Å²) in [6.07, 6.45) is 3.92. The standard InChI is InChI=1S/C21H26N6O/c1-22-21(23-12-10-20-25-24-19-5-3-4-13-27(19)20)26-14-11-17(15-26)16-6-8-18(28-2)9-7-16/h3-9,13,17H,10-12,14-15H2,1-2H3,(H,22,23). The van der Waals surface area contributed by atoms with Gasteiger partial charge in [-0.2, -0.15) is 0 Å². The summed E-state index contributed by atoms with van der Waals surface area (Å²) in [4.78, 5) is 6.81. The third kappa shape index (κ3) is 3.78. The molecule has 0 spiro atoms. The molecular formula is C21H26N6O. The van der Waals surface area contributed by atoms with Crippen molar-refractivity contribution in [3.05, 3.63) is 60.0 Å². The number of aromatic nitrogens is 3. The minimum absolute atomic E-state index is 0.518. The SMILES string of the molecule is CN=C(NCCc1nnc2ccccn12)N1CCC(c2ccc(OC)cc2)C1. The number of hydrogen-bond acceptors (Lipinski definition) is 4. The molecule has 0 saturated carbocycles. The average Bonchev–Trinajstić information content (AvgIpc) is 3.39. The second kappa shape index (κ2) is 8.29. The quantitative estimate of drug-likeness (QED) is 0.545. The van der Waals surface area contributed by atoms with Gasteiger partial charge in [0.25, 0.3) is 0 Å². The maximum absolute atomic E-state index is 5.26. The molecule has 2 aromatic heterocycles. The van der Waals surface area contributed by atoms with Crippen molar-refractivity contribution < 1.29 is 4.74 Å². The van der Waals surface area contributed by atoms with E-state index in [1.807, 2.05) is 48.0 Å². The van der Waals surface area contributed by atoms with Crippen LogP contribution in [0.4, 0.5) is 0 Å². The van der Waals surface area contributed by atoms with E-state index < -0.39 is 0 Å². The van der Waals surface area contributed by atoms with Crippen molar-refractivity contribution in [2.75, 3.05) is 33.8 Å². The maximum Gasteiger partial charge on any atom is 0.193 e. The third-order valence-electron chi connectivity index (χ3n) is 5.30. The normalized spacial score (nSPS) is 17.3. The molecule has 1 N–H and O–H groups in total. The number of aliphatic imine (C=N–C) groups is 1. The van der Waals surface area contributed by atoms with Gasteiger partial charge in [-0.3, -0.25) is 9.39 Å². The van der Waals surface area contributed by atoms with Crippen LogP contribution in [-0.2, 0) is 6.42 Å². The van der Waals surface area contributed by atoms with Crippen LogP contribution in [0.25, 0.3) is 5.65 Å². The number of nitrogens with zero attached hydrogens (tertiary/aromatic N) is 5. The lowest BCUT2D eigenvalue weighted by molar-refractivity contribution is 0.414. The lowest BCUT2D eigenvalue weighted by atomic mass is 9.98. The van der Waals surface area contributed by atoms with Gasteiger partial charge in [0.15, 0.2) is 11.6 Å². The molecule has 3 aromatic rings. The van der Waals surface area contributed by atoms with E-state index in [-0.39, 0.29) is 0 Å². The zero-order chi connectivity index (χ0) is 19.3. The molecule has 1 fully saturated rings. The van der Waals surface area contributed by atoms with Gasteiger partial charge in [-0.1, -0.05) is 18.2 Å². The molecule has 0 bridgehead atoms. The molecule has 7 nitrogen and oxygen atoms in total. The summed E-state index contributed by atoms with van der Waals surface area (Å²) in [7, 11) is 3.54. The summed E-state index contributed by atoms with van der Waals surface area (Å²) in [5.41, 5.74) is 2.23. The maximum atomic E-state index is 5.26. The molecule has 146 valence electrons. The van der Waals surface area contributed by atoms with E-state index in [1.165, 1.54) is 5.56 Å². The smallest absolute Gasteiger partial charge is 0.193 e. The zero-order valence-corrected chi connectivity index (χ0v) is 16.4. The number of likely N-dealkylation sites (tertiary alicyclic amines) is 1. The fourth-order valence-electron chi connectivity index (χ4n) is 3.78. The number of ether oxygens (including phenoxy) is 1. The molecule has 0 aliphatic carbocycles. The van der Waals surface area contributed by atoms with E-state index in [0.717, 1.165) is 55.7 Å². The van der Waals surface area contributed by atoms with Crippen LogP contribution in [0, 0.1) is 0 Å². The van der Waals surface area contributed by atoms with Gasteiger partial charge < -0.3 is 15.0 Å². The first-order valence-electron chi connectivity index (χ1n) is 9.66. The van der Waals surface area contributed by atoms with E-state index in [9.17, 15) is 0 Å². The van der Waals surface area contributed by atoms with E-state index in [2.05, 4.69) is 37.5 Å². The molecule has 1 unspecified atom stereocenters. The van der Waals surface area contributed by atoms with Crippen molar-refractivity contribution >= 4 is 11.6 Å². The van der Waals surface area contributed by atoms with Gasteiger partial charge in [-0.25, -0.2) is 0 Å². The van der Waals surface area contributed by atoms with Gasteiger partial charge in [-0.15, -0.1) is 10.2 Å². The highest BCUT2D eigenvalue weighted by molar-refractivity contribution is 5.80. The first kappa shape index (κ1) is 18.3. The van der Waals surface area contributed by atoms with Crippen molar-refractivity contribution in [1.82, 2.24) is 24.8 Å². The van der Waals surface area contributed by atoms with Gasteiger partial charge >= 0.3 is 0 Å². The average molecular weight is 378 g/mol. The summed E-state index contributed by atoms with van der Waals surface area (Å²) < 4.78 is 7.29. The Hall–Kier alpha value is -3.09. The number of pyridine rings is 1. The van der Waals surface area contributed by atoms with Crippen LogP contribution in [0.1, 0.15) is 23.7 Å². The number of methoxy groups -OCH3 is 1. The summed E-state index contributed by atoms with van der Waals surface area (Å²) in [6.45, 7) is 2.75. The molecule has 1 aliphatic heterocycles. The summed E-state index contributed by atoms with van der Waals surface area (Å²) in [6, 6.07) is 14.3. The topological polar surface area (TPSA) is 67.0 Å². The Morgan fingerprint density at radius 3 is 2.86 bits per heavy atom. The van der Waals surface area contributed by atoms with Gasteiger partial charge in [0.1, 0.15) is 11.6 Å². The lowest BCUT2D eigenvalue weighted by Gasteiger charge is -2.21. The van der Waals surface area contributed by atoms with Crippen LogP contribution in [0.2, 0.25) is 0 Å². The minimum Gasteiger partial charge on any atom is -0.497 e. The second-order valence-corrected chi connectivity index (χ2v) is 6.97. The van der Waals surface area contributed by atoms with E-state index in [1.54, 1.807) is 7.11 Å². The van der Waals surface area contributed by atoms with Crippen LogP contribution >= 0.6 is 0 Å². The van der Waals surface area contributed by atoms with Crippen LogP contribution in [0.5, 0.6) is 5.75 Å². The van der Waals surface area contributed by atoms with Crippen molar-refractivity contribution in [3.8, 4) is 5.75 Å². The predicted octanol–water partition coefficient (Wildman–Crippen LogP) is 2.35. The Labute approximate surface area is 165 Å². The van der Waals surface area contributed by atoms with Gasteiger partial charge in [0, 0.05) is 45.2 Å². The monoisotopic (exact) mass is 378 g/mol. The lowest BCUT2D eigenvalue weighted by Crippen LogP contribution is -2.40. The molecule has 0 radical (unpaired) electrons. The molecule has 3 heterocycles. The number of fused-ring (bicyclic) bond motifs is 1. The van der Waals surface area contributed by atoms with E-state index in [4.69, 9.17) is 4.74 Å². The number of hydrogen-bond donors (Lipinski definition) is 1. The molecule has 1 aromatic carbocycles. The Balaban J connectivity index is 1.33. The fourth-order valence-corrected chi connectivity index (χ4v) is 3.78. The van der Waals surface area contributed by atoms with E-state index >= 15 is 0 Å². The van der Waals surface area contributed by atoms with Crippen molar-refractivity contribution in [2.45, 2.75) is 18.8 Å².